The molecular formula is C18H20BrF2N3O2. The zero-order chi connectivity index (χ0) is 18.5. The van der Waals surface area contributed by atoms with Crippen LogP contribution in [0.3, 0.4) is 0 Å². The molecule has 3 rings (SSSR count). The van der Waals surface area contributed by atoms with Crippen molar-refractivity contribution in [2.75, 3.05) is 38.2 Å². The Kier molecular flexibility index (Phi) is 6.26. The average molecular weight is 428 g/mol. The molecule has 1 aliphatic rings. The number of piperazine rings is 1. The van der Waals surface area contributed by atoms with Crippen molar-refractivity contribution in [3.8, 4) is 11.5 Å². The highest BCUT2D eigenvalue weighted by molar-refractivity contribution is 9.10. The first-order valence-corrected chi connectivity index (χ1v) is 9.05. The highest BCUT2D eigenvalue weighted by Crippen LogP contribution is 2.33. The minimum atomic E-state index is -2.88. The SMILES string of the molecule is COc1cccc(CN2CCN(c3ccc(Br)cn3)CC2)c1OC(F)F. The zero-order valence-electron chi connectivity index (χ0n) is 14.4. The molecule has 0 bridgehead atoms. The van der Waals surface area contributed by atoms with Gasteiger partial charge in [-0.2, -0.15) is 8.78 Å². The van der Waals surface area contributed by atoms with Crippen molar-refractivity contribution >= 4 is 21.7 Å². The molecule has 26 heavy (non-hydrogen) atoms. The summed E-state index contributed by atoms with van der Waals surface area (Å²) in [6.07, 6.45) is 1.78. The summed E-state index contributed by atoms with van der Waals surface area (Å²) < 4.78 is 36.3. The maximum atomic E-state index is 12.8. The molecule has 0 N–H and O–H groups in total. The standard InChI is InChI=1S/C18H20BrF2N3O2/c1-25-15-4-2-3-13(17(15)26-18(20)21)12-23-7-9-24(10-8-23)16-6-5-14(19)11-22-16/h2-6,11,18H,7-10,12H2,1H3. The molecule has 2 aromatic rings. The van der Waals surface area contributed by atoms with Crippen LogP contribution in [0.15, 0.2) is 41.0 Å². The zero-order valence-corrected chi connectivity index (χ0v) is 16.0. The molecule has 1 aliphatic heterocycles. The molecule has 2 heterocycles. The number of para-hydroxylation sites is 1. The number of anilines is 1. The highest BCUT2D eigenvalue weighted by atomic mass is 79.9. The fraction of sp³-hybridized carbons (Fsp3) is 0.389. The summed E-state index contributed by atoms with van der Waals surface area (Å²) in [5, 5.41) is 0. The van der Waals surface area contributed by atoms with Crippen molar-refractivity contribution in [1.82, 2.24) is 9.88 Å². The normalized spacial score (nSPS) is 15.3. The summed E-state index contributed by atoms with van der Waals surface area (Å²) in [6, 6.07) is 9.16. The molecule has 0 aliphatic carbocycles. The van der Waals surface area contributed by atoms with Crippen LogP contribution in [0.5, 0.6) is 11.5 Å². The Morgan fingerprint density at radius 1 is 1.15 bits per heavy atom. The summed E-state index contributed by atoms with van der Waals surface area (Å²) in [5.74, 6) is 1.37. The van der Waals surface area contributed by atoms with Crippen LogP contribution in [-0.4, -0.2) is 49.8 Å². The quantitative estimate of drug-likeness (QED) is 0.701. The van der Waals surface area contributed by atoms with Crippen molar-refractivity contribution in [1.29, 1.82) is 0 Å². The van der Waals surface area contributed by atoms with Gasteiger partial charge in [0.15, 0.2) is 11.5 Å². The summed E-state index contributed by atoms with van der Waals surface area (Å²) in [6.45, 7) is 0.908. The number of aromatic nitrogens is 1. The number of hydrogen-bond donors (Lipinski definition) is 0. The summed E-state index contributed by atoms with van der Waals surface area (Å²) in [7, 11) is 1.45. The molecule has 0 saturated carbocycles. The maximum absolute atomic E-state index is 12.8. The second-order valence-electron chi connectivity index (χ2n) is 5.92. The van der Waals surface area contributed by atoms with Gasteiger partial charge in [0.05, 0.1) is 7.11 Å². The van der Waals surface area contributed by atoms with Gasteiger partial charge in [-0.3, -0.25) is 4.90 Å². The summed E-state index contributed by atoms with van der Waals surface area (Å²) in [4.78, 5) is 8.85. The fourth-order valence-corrected chi connectivity index (χ4v) is 3.23. The predicted molar refractivity (Wildman–Crippen MR) is 99.1 cm³/mol. The minimum absolute atomic E-state index is 0.113. The van der Waals surface area contributed by atoms with E-state index in [0.29, 0.717) is 17.9 Å². The van der Waals surface area contributed by atoms with E-state index in [1.807, 2.05) is 12.1 Å². The molecule has 8 heteroatoms. The number of benzene rings is 1. The first-order valence-electron chi connectivity index (χ1n) is 8.26. The van der Waals surface area contributed by atoms with Gasteiger partial charge in [0.2, 0.25) is 0 Å². The number of alkyl halides is 2. The number of rotatable bonds is 6. The number of nitrogens with zero attached hydrogens (tertiary/aromatic N) is 3. The van der Waals surface area contributed by atoms with Crippen LogP contribution in [0.1, 0.15) is 5.56 Å². The Balaban J connectivity index is 1.65. The predicted octanol–water partition coefficient (Wildman–Crippen LogP) is 3.78. The third-order valence-corrected chi connectivity index (χ3v) is 4.76. The molecule has 1 aromatic carbocycles. The van der Waals surface area contributed by atoms with Gasteiger partial charge < -0.3 is 14.4 Å². The van der Waals surface area contributed by atoms with Gasteiger partial charge in [0.1, 0.15) is 5.82 Å². The number of ether oxygens (including phenoxy) is 2. The lowest BCUT2D eigenvalue weighted by molar-refractivity contribution is -0.0521. The highest BCUT2D eigenvalue weighted by Gasteiger charge is 2.21. The van der Waals surface area contributed by atoms with Gasteiger partial charge in [-0.15, -0.1) is 0 Å². The molecular weight excluding hydrogens is 408 g/mol. The molecule has 5 nitrogen and oxygen atoms in total. The Morgan fingerprint density at radius 2 is 1.92 bits per heavy atom. The van der Waals surface area contributed by atoms with Crippen LogP contribution in [0.4, 0.5) is 14.6 Å². The third-order valence-electron chi connectivity index (χ3n) is 4.29. The van der Waals surface area contributed by atoms with Crippen molar-refractivity contribution in [3.05, 3.63) is 46.6 Å². The van der Waals surface area contributed by atoms with Crippen LogP contribution in [-0.2, 0) is 6.54 Å². The van der Waals surface area contributed by atoms with Crippen LogP contribution >= 0.6 is 15.9 Å². The van der Waals surface area contributed by atoms with E-state index in [2.05, 4.69) is 30.7 Å². The minimum Gasteiger partial charge on any atom is -0.493 e. The topological polar surface area (TPSA) is 37.8 Å². The van der Waals surface area contributed by atoms with Crippen LogP contribution in [0.2, 0.25) is 0 Å². The lowest BCUT2D eigenvalue weighted by Gasteiger charge is -2.35. The van der Waals surface area contributed by atoms with Gasteiger partial charge in [0, 0.05) is 49.0 Å². The monoisotopic (exact) mass is 427 g/mol. The summed E-state index contributed by atoms with van der Waals surface area (Å²) in [5.41, 5.74) is 0.694. The molecule has 1 saturated heterocycles. The second kappa shape index (κ2) is 8.64. The van der Waals surface area contributed by atoms with Crippen LogP contribution in [0, 0.1) is 0 Å². The molecule has 0 spiro atoms. The van der Waals surface area contributed by atoms with Crippen molar-refractivity contribution in [2.45, 2.75) is 13.2 Å². The fourth-order valence-electron chi connectivity index (χ4n) is 3.00. The number of pyridine rings is 1. The number of hydrogen-bond acceptors (Lipinski definition) is 5. The van der Waals surface area contributed by atoms with Gasteiger partial charge >= 0.3 is 6.61 Å². The van der Waals surface area contributed by atoms with E-state index in [-0.39, 0.29) is 5.75 Å². The maximum Gasteiger partial charge on any atom is 0.387 e. The number of methoxy groups -OCH3 is 1. The van der Waals surface area contributed by atoms with Gasteiger partial charge in [-0.1, -0.05) is 12.1 Å². The van der Waals surface area contributed by atoms with Crippen molar-refractivity contribution < 1.29 is 18.3 Å². The summed E-state index contributed by atoms with van der Waals surface area (Å²) >= 11 is 3.39. The Morgan fingerprint density at radius 3 is 2.54 bits per heavy atom. The van der Waals surface area contributed by atoms with Crippen LogP contribution < -0.4 is 14.4 Å². The smallest absolute Gasteiger partial charge is 0.387 e. The first kappa shape index (κ1) is 18.8. The lowest BCUT2D eigenvalue weighted by Crippen LogP contribution is -2.46. The van der Waals surface area contributed by atoms with E-state index in [4.69, 9.17) is 9.47 Å². The lowest BCUT2D eigenvalue weighted by atomic mass is 10.1. The average Bonchev–Trinajstić information content (AvgIpc) is 2.64. The molecule has 140 valence electrons. The Hall–Kier alpha value is -1.93. The molecule has 0 atom stereocenters. The van der Waals surface area contributed by atoms with Crippen molar-refractivity contribution in [2.24, 2.45) is 0 Å². The second-order valence-corrected chi connectivity index (χ2v) is 6.84. The number of halogens is 3. The van der Waals surface area contributed by atoms with Crippen molar-refractivity contribution in [3.63, 3.8) is 0 Å². The van der Waals surface area contributed by atoms with E-state index < -0.39 is 6.61 Å². The molecule has 0 amide bonds. The Bertz CT molecular complexity index is 723. The van der Waals surface area contributed by atoms with E-state index >= 15 is 0 Å². The van der Waals surface area contributed by atoms with E-state index in [9.17, 15) is 8.78 Å². The Labute approximate surface area is 159 Å². The molecule has 0 unspecified atom stereocenters. The van der Waals surface area contributed by atoms with Gasteiger partial charge in [-0.25, -0.2) is 4.98 Å². The molecule has 0 radical (unpaired) electrons. The van der Waals surface area contributed by atoms with Gasteiger partial charge in [0.25, 0.3) is 0 Å². The van der Waals surface area contributed by atoms with E-state index in [0.717, 1.165) is 36.5 Å². The van der Waals surface area contributed by atoms with Gasteiger partial charge in [-0.05, 0) is 34.1 Å². The first-order chi connectivity index (χ1) is 12.6. The third kappa shape index (κ3) is 4.62. The largest absolute Gasteiger partial charge is 0.493 e. The van der Waals surface area contributed by atoms with E-state index in [1.165, 1.54) is 7.11 Å². The molecule has 1 fully saturated rings. The van der Waals surface area contributed by atoms with Crippen LogP contribution in [0.25, 0.3) is 0 Å². The van der Waals surface area contributed by atoms with E-state index in [1.54, 1.807) is 24.4 Å². The molecule has 1 aromatic heterocycles.